The lowest BCUT2D eigenvalue weighted by Crippen LogP contribution is -2.13. The zero-order chi connectivity index (χ0) is 11.4. The molecule has 0 spiro atoms. The summed E-state index contributed by atoms with van der Waals surface area (Å²) in [4.78, 5) is 10.8. The van der Waals surface area contributed by atoms with Gasteiger partial charge in [0.2, 0.25) is 5.91 Å². The Balaban J connectivity index is 2.33. The molecule has 2 rings (SSSR count). The second-order valence-corrected chi connectivity index (χ2v) is 3.63. The number of primary amides is 1. The molecular weight excluding hydrogens is 198 g/mol. The summed E-state index contributed by atoms with van der Waals surface area (Å²) in [6.07, 6.45) is 0.285. The highest BCUT2D eigenvalue weighted by Crippen LogP contribution is 2.19. The number of carbonyl (C=O) groups is 1. The van der Waals surface area contributed by atoms with Crippen LogP contribution in [-0.2, 0) is 11.2 Å². The van der Waals surface area contributed by atoms with Crippen LogP contribution < -0.4 is 5.73 Å². The fourth-order valence-electron chi connectivity index (χ4n) is 1.64. The third-order valence-electron chi connectivity index (χ3n) is 2.36. The molecule has 0 saturated carbocycles. The van der Waals surface area contributed by atoms with E-state index in [9.17, 15) is 4.79 Å². The van der Waals surface area contributed by atoms with Gasteiger partial charge in [0.25, 0.3) is 0 Å². The summed E-state index contributed by atoms with van der Waals surface area (Å²) in [5.74, 6) is -0.307. The van der Waals surface area contributed by atoms with Gasteiger partial charge < -0.3 is 5.73 Å². The number of amides is 1. The minimum absolute atomic E-state index is 0.285. The van der Waals surface area contributed by atoms with Crippen molar-refractivity contribution in [3.05, 3.63) is 60.2 Å². The Morgan fingerprint density at radius 1 is 1.12 bits per heavy atom. The van der Waals surface area contributed by atoms with E-state index in [-0.39, 0.29) is 12.3 Å². The van der Waals surface area contributed by atoms with Crippen LogP contribution in [0.15, 0.2) is 48.5 Å². The van der Waals surface area contributed by atoms with Crippen molar-refractivity contribution in [2.75, 3.05) is 0 Å². The standard InChI is InChI=1S/C14H12NO/c15-14(16)10-11-5-4-8-13(9-11)12-6-2-1-3-7-12/h2-9H,10H2,(H2,15,16). The molecule has 0 aromatic heterocycles. The van der Waals surface area contributed by atoms with Gasteiger partial charge in [-0.1, -0.05) is 48.5 Å². The summed E-state index contributed by atoms with van der Waals surface area (Å²) in [5, 5.41) is 0. The molecule has 1 amide bonds. The fourth-order valence-corrected chi connectivity index (χ4v) is 1.64. The molecule has 2 N–H and O–H groups in total. The molecule has 0 unspecified atom stereocenters. The molecular formula is C14H12NO. The Kier molecular flexibility index (Phi) is 3.01. The Bertz CT molecular complexity index is 491. The molecule has 0 saturated heterocycles. The number of nitrogens with two attached hydrogens (primary N) is 1. The van der Waals surface area contributed by atoms with Crippen molar-refractivity contribution in [1.29, 1.82) is 0 Å². The molecule has 16 heavy (non-hydrogen) atoms. The molecule has 2 nitrogen and oxygen atoms in total. The Morgan fingerprint density at radius 3 is 2.56 bits per heavy atom. The van der Waals surface area contributed by atoms with Crippen LogP contribution in [0.1, 0.15) is 5.56 Å². The van der Waals surface area contributed by atoms with E-state index in [4.69, 9.17) is 5.73 Å². The second-order valence-electron chi connectivity index (χ2n) is 3.63. The van der Waals surface area contributed by atoms with Gasteiger partial charge in [0.05, 0.1) is 6.42 Å². The third-order valence-corrected chi connectivity index (χ3v) is 2.36. The van der Waals surface area contributed by atoms with Crippen molar-refractivity contribution in [3.8, 4) is 11.1 Å². The lowest BCUT2D eigenvalue weighted by atomic mass is 10.0. The van der Waals surface area contributed by atoms with Gasteiger partial charge in [-0.25, -0.2) is 0 Å². The number of hydrogen-bond acceptors (Lipinski definition) is 1. The smallest absolute Gasteiger partial charge is 0.221 e. The van der Waals surface area contributed by atoms with Crippen molar-refractivity contribution in [2.45, 2.75) is 6.42 Å². The summed E-state index contributed by atoms with van der Waals surface area (Å²) in [6.45, 7) is 0. The molecule has 0 aliphatic carbocycles. The van der Waals surface area contributed by atoms with Crippen molar-refractivity contribution in [3.63, 3.8) is 0 Å². The van der Waals surface area contributed by atoms with E-state index in [1.807, 2.05) is 48.5 Å². The number of rotatable bonds is 3. The van der Waals surface area contributed by atoms with Crippen LogP contribution in [0.2, 0.25) is 0 Å². The lowest BCUT2D eigenvalue weighted by Gasteiger charge is -2.03. The molecule has 0 bridgehead atoms. The van der Waals surface area contributed by atoms with Crippen molar-refractivity contribution in [2.24, 2.45) is 5.73 Å². The summed E-state index contributed by atoms with van der Waals surface area (Å²) >= 11 is 0. The van der Waals surface area contributed by atoms with E-state index < -0.39 is 0 Å². The predicted molar refractivity (Wildman–Crippen MR) is 63.6 cm³/mol. The van der Waals surface area contributed by atoms with E-state index in [0.717, 1.165) is 16.7 Å². The van der Waals surface area contributed by atoms with Crippen LogP contribution in [0.5, 0.6) is 0 Å². The Hall–Kier alpha value is -2.09. The first-order chi connectivity index (χ1) is 7.75. The molecule has 2 heteroatoms. The zero-order valence-corrected chi connectivity index (χ0v) is 8.81. The van der Waals surface area contributed by atoms with Gasteiger partial charge in [-0.2, -0.15) is 0 Å². The highest BCUT2D eigenvalue weighted by molar-refractivity contribution is 5.77. The topological polar surface area (TPSA) is 43.1 Å². The molecule has 0 fully saturated rings. The van der Waals surface area contributed by atoms with Crippen molar-refractivity contribution < 1.29 is 4.79 Å². The number of benzene rings is 2. The van der Waals surface area contributed by atoms with Gasteiger partial charge >= 0.3 is 0 Å². The normalized spacial score (nSPS) is 10.0. The van der Waals surface area contributed by atoms with E-state index >= 15 is 0 Å². The average molecular weight is 210 g/mol. The van der Waals surface area contributed by atoms with Crippen LogP contribution in [0.4, 0.5) is 0 Å². The monoisotopic (exact) mass is 210 g/mol. The summed E-state index contributed by atoms with van der Waals surface area (Å²) < 4.78 is 0. The van der Waals surface area contributed by atoms with E-state index in [2.05, 4.69) is 6.07 Å². The van der Waals surface area contributed by atoms with E-state index in [1.54, 1.807) is 0 Å². The minimum atomic E-state index is -0.307. The largest absolute Gasteiger partial charge is 0.369 e. The van der Waals surface area contributed by atoms with Gasteiger partial charge in [0, 0.05) is 0 Å². The molecule has 1 radical (unpaired) electrons. The second kappa shape index (κ2) is 4.62. The number of carbonyl (C=O) groups excluding carboxylic acids is 1. The maximum absolute atomic E-state index is 10.8. The highest BCUT2D eigenvalue weighted by atomic mass is 16.1. The van der Waals surface area contributed by atoms with Crippen molar-refractivity contribution >= 4 is 5.91 Å². The molecule has 2 aromatic carbocycles. The highest BCUT2D eigenvalue weighted by Gasteiger charge is 2.01. The van der Waals surface area contributed by atoms with Gasteiger partial charge in [-0.3, -0.25) is 4.79 Å². The van der Waals surface area contributed by atoms with Gasteiger partial charge in [0.1, 0.15) is 0 Å². The van der Waals surface area contributed by atoms with Crippen molar-refractivity contribution in [1.82, 2.24) is 0 Å². The molecule has 0 aliphatic rings. The minimum Gasteiger partial charge on any atom is -0.369 e. The number of hydrogen-bond donors (Lipinski definition) is 1. The molecule has 2 aromatic rings. The SMILES string of the molecule is NC(=O)Cc1cccc(-c2cc[c]cc2)c1. The quantitative estimate of drug-likeness (QED) is 0.829. The van der Waals surface area contributed by atoms with Crippen LogP contribution in [0, 0.1) is 6.07 Å². The molecule has 79 valence electrons. The lowest BCUT2D eigenvalue weighted by molar-refractivity contribution is -0.117. The predicted octanol–water partition coefficient (Wildman–Crippen LogP) is 2.18. The zero-order valence-electron chi connectivity index (χ0n) is 8.81. The summed E-state index contributed by atoms with van der Waals surface area (Å²) in [5.41, 5.74) is 8.32. The maximum Gasteiger partial charge on any atom is 0.221 e. The first-order valence-corrected chi connectivity index (χ1v) is 5.09. The Labute approximate surface area is 94.7 Å². The maximum atomic E-state index is 10.8. The van der Waals surface area contributed by atoms with Gasteiger partial charge in [-0.15, -0.1) is 0 Å². The molecule has 0 heterocycles. The Morgan fingerprint density at radius 2 is 1.88 bits per heavy atom. The molecule has 0 atom stereocenters. The van der Waals surface area contributed by atoms with E-state index in [0.29, 0.717) is 0 Å². The van der Waals surface area contributed by atoms with Gasteiger partial charge in [-0.05, 0) is 22.8 Å². The van der Waals surface area contributed by atoms with Crippen LogP contribution in [0.3, 0.4) is 0 Å². The molecule has 0 aliphatic heterocycles. The average Bonchev–Trinajstić information content (AvgIpc) is 2.30. The third kappa shape index (κ3) is 2.48. The van der Waals surface area contributed by atoms with Crippen LogP contribution >= 0.6 is 0 Å². The van der Waals surface area contributed by atoms with Crippen LogP contribution in [-0.4, -0.2) is 5.91 Å². The fraction of sp³-hybridized carbons (Fsp3) is 0.0714. The summed E-state index contributed by atoms with van der Waals surface area (Å²) in [6, 6.07) is 18.5. The first-order valence-electron chi connectivity index (χ1n) is 5.09. The van der Waals surface area contributed by atoms with Crippen LogP contribution in [0.25, 0.3) is 11.1 Å². The van der Waals surface area contributed by atoms with E-state index in [1.165, 1.54) is 0 Å². The first kappa shape index (κ1) is 10.4. The summed E-state index contributed by atoms with van der Waals surface area (Å²) in [7, 11) is 0. The van der Waals surface area contributed by atoms with Gasteiger partial charge in [0.15, 0.2) is 0 Å².